The van der Waals surface area contributed by atoms with Crippen molar-refractivity contribution in [2.24, 2.45) is 7.05 Å². The molecule has 2 unspecified atom stereocenters. The minimum atomic E-state index is -0.166. The predicted molar refractivity (Wildman–Crippen MR) is 75.3 cm³/mol. The van der Waals surface area contributed by atoms with Gasteiger partial charge in [-0.3, -0.25) is 4.68 Å². The van der Waals surface area contributed by atoms with E-state index in [-0.39, 0.29) is 18.8 Å². The molecule has 0 saturated carbocycles. The van der Waals surface area contributed by atoms with Gasteiger partial charge in [-0.05, 0) is 12.8 Å². The molecule has 0 aromatic carbocycles. The first-order valence-corrected chi connectivity index (χ1v) is 6.77. The Bertz CT molecular complexity index is 444. The van der Waals surface area contributed by atoms with Gasteiger partial charge in [-0.15, -0.1) is 0 Å². The smallest absolute Gasteiger partial charge is 0.150 e. The molecule has 0 spiro atoms. The number of nitrogens with two attached hydrogens (primary N) is 1. The van der Waals surface area contributed by atoms with Gasteiger partial charge in [-0.25, -0.2) is 0 Å². The molecule has 19 heavy (non-hydrogen) atoms. The zero-order valence-corrected chi connectivity index (χ0v) is 12.1. The van der Waals surface area contributed by atoms with Crippen LogP contribution in [0.4, 0.5) is 11.5 Å². The van der Waals surface area contributed by atoms with Crippen LogP contribution in [-0.4, -0.2) is 46.8 Å². The highest BCUT2D eigenvalue weighted by Gasteiger charge is 2.29. The van der Waals surface area contributed by atoms with Gasteiger partial charge in [0.2, 0.25) is 0 Å². The van der Waals surface area contributed by atoms with E-state index in [0.717, 1.165) is 23.7 Å². The van der Waals surface area contributed by atoms with E-state index in [9.17, 15) is 5.11 Å². The molecule has 0 aliphatic carbocycles. The molecule has 1 aliphatic heterocycles. The molecule has 0 amide bonds. The minimum Gasteiger partial charge on any atom is -0.394 e. The second-order valence-electron chi connectivity index (χ2n) is 5.56. The average Bonchev–Trinajstić information content (AvgIpc) is 2.64. The fraction of sp³-hybridized carbons (Fsp3) is 0.769. The van der Waals surface area contributed by atoms with Crippen molar-refractivity contribution in [1.82, 2.24) is 9.78 Å². The second-order valence-corrected chi connectivity index (χ2v) is 5.56. The van der Waals surface area contributed by atoms with Crippen LogP contribution in [0.15, 0.2) is 0 Å². The summed E-state index contributed by atoms with van der Waals surface area (Å²) in [5, 5.41) is 13.8. The van der Waals surface area contributed by atoms with Crippen LogP contribution in [0.25, 0.3) is 0 Å². The van der Waals surface area contributed by atoms with Gasteiger partial charge in [0.25, 0.3) is 0 Å². The maximum Gasteiger partial charge on any atom is 0.150 e. The Morgan fingerprint density at radius 1 is 1.47 bits per heavy atom. The quantitative estimate of drug-likeness (QED) is 0.844. The largest absolute Gasteiger partial charge is 0.394 e. The summed E-state index contributed by atoms with van der Waals surface area (Å²) in [5.41, 5.74) is 7.91. The molecule has 6 nitrogen and oxygen atoms in total. The van der Waals surface area contributed by atoms with Crippen LogP contribution in [0.5, 0.6) is 0 Å². The van der Waals surface area contributed by atoms with E-state index < -0.39 is 0 Å². The van der Waals surface area contributed by atoms with Gasteiger partial charge in [0.15, 0.2) is 5.82 Å². The van der Waals surface area contributed by atoms with Crippen molar-refractivity contribution >= 4 is 11.5 Å². The maximum absolute atomic E-state index is 9.30. The van der Waals surface area contributed by atoms with E-state index >= 15 is 0 Å². The molecule has 1 aromatic rings. The summed E-state index contributed by atoms with van der Waals surface area (Å²) in [6.07, 6.45) is -0.0942. The van der Waals surface area contributed by atoms with Crippen LogP contribution in [0, 0.1) is 0 Å². The zero-order valence-electron chi connectivity index (χ0n) is 12.1. The van der Waals surface area contributed by atoms with Gasteiger partial charge in [-0.1, -0.05) is 13.8 Å². The average molecular weight is 268 g/mol. The highest BCUT2D eigenvalue weighted by Crippen LogP contribution is 2.32. The fourth-order valence-electron chi connectivity index (χ4n) is 2.67. The summed E-state index contributed by atoms with van der Waals surface area (Å²) in [5.74, 6) is 1.23. The molecule has 0 radical (unpaired) electrons. The van der Waals surface area contributed by atoms with Crippen LogP contribution < -0.4 is 10.6 Å². The lowest BCUT2D eigenvalue weighted by molar-refractivity contribution is -0.0424. The number of ether oxygens (including phenoxy) is 1. The van der Waals surface area contributed by atoms with Gasteiger partial charge in [0.05, 0.1) is 30.2 Å². The number of anilines is 2. The van der Waals surface area contributed by atoms with Gasteiger partial charge in [-0.2, -0.15) is 5.10 Å². The van der Waals surface area contributed by atoms with Crippen LogP contribution in [0.3, 0.4) is 0 Å². The Kier molecular flexibility index (Phi) is 4.01. The van der Waals surface area contributed by atoms with Crippen LogP contribution in [0.2, 0.25) is 0 Å². The van der Waals surface area contributed by atoms with E-state index in [1.165, 1.54) is 0 Å². The summed E-state index contributed by atoms with van der Waals surface area (Å²) in [6, 6.07) is 0. The van der Waals surface area contributed by atoms with E-state index in [0.29, 0.717) is 12.5 Å². The lowest BCUT2D eigenvalue weighted by atomic mass is 10.1. The van der Waals surface area contributed by atoms with E-state index in [4.69, 9.17) is 10.5 Å². The number of hydrogen-bond donors (Lipinski definition) is 2. The summed E-state index contributed by atoms with van der Waals surface area (Å²) < 4.78 is 7.49. The number of nitrogen functional groups attached to an aromatic ring is 1. The Balaban J connectivity index is 2.30. The lowest BCUT2D eigenvalue weighted by Crippen LogP contribution is -2.48. The van der Waals surface area contributed by atoms with Crippen molar-refractivity contribution in [2.45, 2.75) is 38.9 Å². The van der Waals surface area contributed by atoms with Gasteiger partial charge in [0, 0.05) is 20.1 Å². The standard InChI is InChI=1S/C13H24N4O2/c1-8(2)12-11(14)13(16(4)15-12)17-5-9(3)19-10(6-17)7-18/h8-10,18H,5-7,14H2,1-4H3. The summed E-state index contributed by atoms with van der Waals surface area (Å²) in [7, 11) is 1.91. The van der Waals surface area contributed by atoms with Crippen LogP contribution in [-0.2, 0) is 11.8 Å². The summed E-state index contributed by atoms with van der Waals surface area (Å²) in [4.78, 5) is 2.16. The normalized spacial score (nSPS) is 24.2. The first kappa shape index (κ1) is 14.1. The van der Waals surface area contributed by atoms with Crippen molar-refractivity contribution in [1.29, 1.82) is 0 Å². The first-order valence-electron chi connectivity index (χ1n) is 6.77. The van der Waals surface area contributed by atoms with Gasteiger partial charge < -0.3 is 20.5 Å². The molecule has 2 rings (SSSR count). The first-order chi connectivity index (χ1) is 8.93. The van der Waals surface area contributed by atoms with Crippen molar-refractivity contribution in [3.63, 3.8) is 0 Å². The van der Waals surface area contributed by atoms with Gasteiger partial charge in [0.1, 0.15) is 0 Å². The topological polar surface area (TPSA) is 76.5 Å². The predicted octanol–water partition coefficient (Wildman–Crippen LogP) is 0.712. The third kappa shape index (κ3) is 2.69. The van der Waals surface area contributed by atoms with E-state index in [2.05, 4.69) is 23.8 Å². The number of rotatable bonds is 3. The second kappa shape index (κ2) is 5.38. The molecule has 2 atom stereocenters. The number of aliphatic hydroxyl groups is 1. The fourth-order valence-corrected chi connectivity index (χ4v) is 2.67. The number of nitrogens with zero attached hydrogens (tertiary/aromatic N) is 3. The lowest BCUT2D eigenvalue weighted by Gasteiger charge is -2.37. The van der Waals surface area contributed by atoms with E-state index in [1.807, 2.05) is 18.7 Å². The number of aryl methyl sites for hydroxylation is 1. The third-order valence-corrected chi connectivity index (χ3v) is 3.46. The number of hydrogen-bond acceptors (Lipinski definition) is 5. The van der Waals surface area contributed by atoms with Crippen molar-refractivity contribution < 1.29 is 9.84 Å². The SMILES string of the molecule is CC1CN(c2c(N)c(C(C)C)nn2C)CC(CO)O1. The molecular formula is C13H24N4O2. The molecular weight excluding hydrogens is 244 g/mol. The molecule has 6 heteroatoms. The van der Waals surface area contributed by atoms with Crippen molar-refractivity contribution in [3.8, 4) is 0 Å². The molecule has 2 heterocycles. The minimum absolute atomic E-state index is 0.0234. The molecule has 1 aromatic heterocycles. The van der Waals surface area contributed by atoms with Crippen molar-refractivity contribution in [2.75, 3.05) is 30.3 Å². The molecule has 1 saturated heterocycles. The van der Waals surface area contributed by atoms with Crippen LogP contribution in [0.1, 0.15) is 32.4 Å². The molecule has 1 fully saturated rings. The number of aromatic nitrogens is 2. The molecule has 3 N–H and O–H groups in total. The number of morpholine rings is 1. The third-order valence-electron chi connectivity index (χ3n) is 3.46. The van der Waals surface area contributed by atoms with E-state index in [1.54, 1.807) is 0 Å². The highest BCUT2D eigenvalue weighted by molar-refractivity contribution is 5.67. The Morgan fingerprint density at radius 2 is 2.16 bits per heavy atom. The Labute approximate surface area is 114 Å². The zero-order chi connectivity index (χ0) is 14.2. The molecule has 108 valence electrons. The Morgan fingerprint density at radius 3 is 2.68 bits per heavy atom. The highest BCUT2D eigenvalue weighted by atomic mass is 16.5. The number of aliphatic hydroxyl groups excluding tert-OH is 1. The maximum atomic E-state index is 9.30. The van der Waals surface area contributed by atoms with Gasteiger partial charge >= 0.3 is 0 Å². The van der Waals surface area contributed by atoms with Crippen molar-refractivity contribution in [3.05, 3.63) is 5.69 Å². The van der Waals surface area contributed by atoms with Crippen LogP contribution >= 0.6 is 0 Å². The summed E-state index contributed by atoms with van der Waals surface area (Å²) >= 11 is 0. The molecule has 1 aliphatic rings. The Hall–Kier alpha value is -1.27. The monoisotopic (exact) mass is 268 g/mol. The summed E-state index contributed by atoms with van der Waals surface area (Å²) in [6.45, 7) is 7.60. The molecule has 0 bridgehead atoms.